The molecular weight excluding hydrogens is 372 g/mol. The summed E-state index contributed by atoms with van der Waals surface area (Å²) in [6.07, 6.45) is 0. The second kappa shape index (κ2) is 8.34. The monoisotopic (exact) mass is 396 g/mol. The Bertz CT molecular complexity index is 908. The smallest absolute Gasteiger partial charge is 0.326 e. The number of ether oxygens (including phenoxy) is 2. The summed E-state index contributed by atoms with van der Waals surface area (Å²) in [5.74, 6) is -0.483. The second-order valence-corrected chi connectivity index (χ2v) is 7.19. The lowest BCUT2D eigenvalue weighted by Crippen LogP contribution is -2.41. The SMILES string of the molecule is Cc1ccc(OCCOC(=O)CN2C(=O)N[C@@](C)(c3ccc(C)cc3)C2=O)cc1. The predicted molar refractivity (Wildman–Crippen MR) is 106 cm³/mol. The van der Waals surface area contributed by atoms with Gasteiger partial charge in [0.05, 0.1) is 0 Å². The maximum Gasteiger partial charge on any atom is 0.326 e. The number of imide groups is 1. The number of amides is 3. The fourth-order valence-corrected chi connectivity index (χ4v) is 3.05. The first-order valence-electron chi connectivity index (χ1n) is 9.36. The van der Waals surface area contributed by atoms with Gasteiger partial charge in [0.1, 0.15) is 31.0 Å². The Kier molecular flexibility index (Phi) is 5.87. The fraction of sp³-hybridized carbons (Fsp3) is 0.318. The second-order valence-electron chi connectivity index (χ2n) is 7.19. The van der Waals surface area contributed by atoms with E-state index in [9.17, 15) is 14.4 Å². The first-order valence-corrected chi connectivity index (χ1v) is 9.36. The van der Waals surface area contributed by atoms with Crippen LogP contribution in [-0.2, 0) is 19.9 Å². The van der Waals surface area contributed by atoms with Crippen molar-refractivity contribution in [2.24, 2.45) is 0 Å². The zero-order valence-electron chi connectivity index (χ0n) is 16.7. The van der Waals surface area contributed by atoms with Gasteiger partial charge in [0.25, 0.3) is 5.91 Å². The van der Waals surface area contributed by atoms with Crippen molar-refractivity contribution in [2.75, 3.05) is 19.8 Å². The predicted octanol–water partition coefficient (Wildman–Crippen LogP) is 2.69. The van der Waals surface area contributed by atoms with Crippen molar-refractivity contribution in [2.45, 2.75) is 26.3 Å². The number of hydrogen-bond donors (Lipinski definition) is 1. The van der Waals surface area contributed by atoms with E-state index in [0.717, 1.165) is 16.0 Å². The Morgan fingerprint density at radius 2 is 1.55 bits per heavy atom. The van der Waals surface area contributed by atoms with E-state index in [2.05, 4.69) is 5.32 Å². The van der Waals surface area contributed by atoms with Crippen molar-refractivity contribution >= 4 is 17.9 Å². The third-order valence-corrected chi connectivity index (χ3v) is 4.83. The first-order chi connectivity index (χ1) is 13.8. The van der Waals surface area contributed by atoms with Gasteiger partial charge in [-0.15, -0.1) is 0 Å². The van der Waals surface area contributed by atoms with Gasteiger partial charge in [0.15, 0.2) is 0 Å². The minimum absolute atomic E-state index is 0.0194. The molecule has 0 unspecified atom stereocenters. The van der Waals surface area contributed by atoms with Crippen LogP contribution < -0.4 is 10.1 Å². The van der Waals surface area contributed by atoms with E-state index < -0.39 is 30.0 Å². The molecule has 0 bridgehead atoms. The Morgan fingerprint density at radius 1 is 0.966 bits per heavy atom. The van der Waals surface area contributed by atoms with Crippen LogP contribution in [0.5, 0.6) is 5.75 Å². The van der Waals surface area contributed by atoms with Crippen LogP contribution in [0.15, 0.2) is 48.5 Å². The number of aryl methyl sites for hydroxylation is 2. The number of nitrogens with zero attached hydrogens (tertiary/aromatic N) is 1. The summed E-state index contributed by atoms with van der Waals surface area (Å²) in [4.78, 5) is 38.1. The molecule has 0 spiro atoms. The topological polar surface area (TPSA) is 84.9 Å². The highest BCUT2D eigenvalue weighted by atomic mass is 16.6. The van der Waals surface area contributed by atoms with Crippen LogP contribution in [-0.4, -0.2) is 42.6 Å². The van der Waals surface area contributed by atoms with Crippen molar-refractivity contribution in [1.82, 2.24) is 10.2 Å². The molecule has 1 aliphatic heterocycles. The number of hydrogen-bond acceptors (Lipinski definition) is 5. The average Bonchev–Trinajstić information content (AvgIpc) is 2.91. The average molecular weight is 396 g/mol. The molecule has 3 rings (SSSR count). The minimum atomic E-state index is -1.21. The molecule has 2 aromatic rings. The summed E-state index contributed by atoms with van der Waals surface area (Å²) in [6.45, 7) is 5.29. The molecule has 29 heavy (non-hydrogen) atoms. The van der Waals surface area contributed by atoms with E-state index >= 15 is 0 Å². The van der Waals surface area contributed by atoms with Gasteiger partial charge in [0.2, 0.25) is 0 Å². The van der Waals surface area contributed by atoms with E-state index in [0.29, 0.717) is 11.3 Å². The number of esters is 1. The van der Waals surface area contributed by atoms with Gasteiger partial charge in [-0.3, -0.25) is 14.5 Å². The zero-order chi connectivity index (χ0) is 21.0. The van der Waals surface area contributed by atoms with Crippen molar-refractivity contribution in [3.05, 3.63) is 65.2 Å². The lowest BCUT2D eigenvalue weighted by Gasteiger charge is -2.22. The van der Waals surface area contributed by atoms with Crippen LogP contribution >= 0.6 is 0 Å². The maximum atomic E-state index is 12.8. The van der Waals surface area contributed by atoms with Crippen molar-refractivity contribution in [3.8, 4) is 5.75 Å². The molecule has 0 aromatic heterocycles. The lowest BCUT2D eigenvalue weighted by molar-refractivity contribution is -0.148. The van der Waals surface area contributed by atoms with Crippen LogP contribution in [0, 0.1) is 13.8 Å². The Balaban J connectivity index is 1.52. The molecule has 0 saturated carbocycles. The van der Waals surface area contributed by atoms with E-state index in [4.69, 9.17) is 9.47 Å². The molecular formula is C22H24N2O5. The fourth-order valence-electron chi connectivity index (χ4n) is 3.05. The standard InChI is InChI=1S/C22H24N2O5/c1-15-4-8-17(9-5-15)22(3)20(26)24(21(27)23-22)14-19(25)29-13-12-28-18-10-6-16(2)7-11-18/h4-11H,12-14H2,1-3H3,(H,23,27)/t22-/m0/s1. The Labute approximate surface area is 169 Å². The third kappa shape index (κ3) is 4.56. The molecule has 152 valence electrons. The van der Waals surface area contributed by atoms with Gasteiger partial charge < -0.3 is 14.8 Å². The molecule has 0 radical (unpaired) electrons. The number of carbonyl (C=O) groups is 3. The van der Waals surface area contributed by atoms with Crippen LogP contribution in [0.4, 0.5) is 4.79 Å². The van der Waals surface area contributed by atoms with Gasteiger partial charge in [-0.2, -0.15) is 0 Å². The van der Waals surface area contributed by atoms with Gasteiger partial charge in [-0.25, -0.2) is 4.79 Å². The van der Waals surface area contributed by atoms with Gasteiger partial charge in [-0.1, -0.05) is 47.5 Å². The van der Waals surface area contributed by atoms with Crippen molar-refractivity contribution in [1.29, 1.82) is 0 Å². The zero-order valence-corrected chi connectivity index (χ0v) is 16.7. The molecule has 3 amide bonds. The summed E-state index contributed by atoms with van der Waals surface area (Å²) in [7, 11) is 0. The van der Waals surface area contributed by atoms with Crippen LogP contribution in [0.3, 0.4) is 0 Å². The number of benzene rings is 2. The Morgan fingerprint density at radius 3 is 2.17 bits per heavy atom. The molecule has 1 aliphatic rings. The van der Waals surface area contributed by atoms with E-state index in [-0.39, 0.29) is 13.2 Å². The number of rotatable bonds is 7. The quantitative estimate of drug-likeness (QED) is 0.442. The van der Waals surface area contributed by atoms with Crippen molar-refractivity contribution < 1.29 is 23.9 Å². The van der Waals surface area contributed by atoms with Crippen molar-refractivity contribution in [3.63, 3.8) is 0 Å². The third-order valence-electron chi connectivity index (χ3n) is 4.83. The van der Waals surface area contributed by atoms with Crippen LogP contribution in [0.25, 0.3) is 0 Å². The van der Waals surface area contributed by atoms with Gasteiger partial charge in [0, 0.05) is 0 Å². The van der Waals surface area contributed by atoms with Crippen LogP contribution in [0.1, 0.15) is 23.6 Å². The normalized spacial score (nSPS) is 18.5. The van der Waals surface area contributed by atoms with Crippen LogP contribution in [0.2, 0.25) is 0 Å². The molecule has 1 atom stereocenters. The molecule has 1 N–H and O–H groups in total. The largest absolute Gasteiger partial charge is 0.490 e. The summed E-state index contributed by atoms with van der Waals surface area (Å²) < 4.78 is 10.6. The number of urea groups is 1. The molecule has 0 aliphatic carbocycles. The maximum absolute atomic E-state index is 12.8. The molecule has 1 saturated heterocycles. The van der Waals surface area contributed by atoms with E-state index in [1.54, 1.807) is 19.1 Å². The lowest BCUT2D eigenvalue weighted by atomic mass is 9.91. The summed E-state index contributed by atoms with van der Waals surface area (Å²) in [5.41, 5.74) is 1.61. The highest BCUT2D eigenvalue weighted by molar-refractivity contribution is 6.08. The summed E-state index contributed by atoms with van der Waals surface area (Å²) >= 11 is 0. The first kappa shape index (κ1) is 20.4. The highest BCUT2D eigenvalue weighted by Crippen LogP contribution is 2.28. The highest BCUT2D eigenvalue weighted by Gasteiger charge is 2.49. The van der Waals surface area contributed by atoms with E-state index in [1.807, 2.05) is 50.2 Å². The molecule has 1 heterocycles. The van der Waals surface area contributed by atoms with E-state index in [1.165, 1.54) is 0 Å². The molecule has 2 aromatic carbocycles. The Hall–Kier alpha value is -3.35. The minimum Gasteiger partial charge on any atom is -0.490 e. The summed E-state index contributed by atoms with van der Waals surface area (Å²) in [5, 5.41) is 2.67. The summed E-state index contributed by atoms with van der Waals surface area (Å²) in [6, 6.07) is 14.2. The van der Waals surface area contributed by atoms with Gasteiger partial charge in [-0.05, 0) is 38.5 Å². The number of carbonyl (C=O) groups excluding carboxylic acids is 3. The molecule has 1 fully saturated rings. The number of nitrogens with one attached hydrogen (secondary N) is 1. The molecule has 7 nitrogen and oxygen atoms in total. The van der Waals surface area contributed by atoms with Gasteiger partial charge >= 0.3 is 12.0 Å². The molecule has 7 heteroatoms.